The summed E-state index contributed by atoms with van der Waals surface area (Å²) in [5.41, 5.74) is 0.581. The van der Waals surface area contributed by atoms with E-state index in [0.717, 1.165) is 6.42 Å². The highest BCUT2D eigenvalue weighted by atomic mass is 19.3. The third-order valence-electron chi connectivity index (χ3n) is 6.25. The molecule has 2 fully saturated rings. The van der Waals surface area contributed by atoms with Gasteiger partial charge >= 0.3 is 5.97 Å². The number of carboxylic acid groups (broad SMARTS) is 1. The summed E-state index contributed by atoms with van der Waals surface area (Å²) in [6, 6.07) is 9.21. The molecule has 2 aromatic rings. The number of hydrogen-bond acceptors (Lipinski definition) is 3. The molecule has 0 aromatic heterocycles. The van der Waals surface area contributed by atoms with Crippen LogP contribution in [-0.4, -0.2) is 46.4 Å². The van der Waals surface area contributed by atoms with E-state index < -0.39 is 29.7 Å². The first-order valence-electron chi connectivity index (χ1n) is 9.73. The van der Waals surface area contributed by atoms with Crippen LogP contribution in [0.15, 0.2) is 42.5 Å². The molecule has 1 saturated carbocycles. The van der Waals surface area contributed by atoms with E-state index in [4.69, 9.17) is 0 Å². The van der Waals surface area contributed by atoms with Gasteiger partial charge < -0.3 is 15.3 Å². The van der Waals surface area contributed by atoms with Gasteiger partial charge in [-0.15, -0.1) is 0 Å². The summed E-state index contributed by atoms with van der Waals surface area (Å²) in [4.78, 5) is 37.8. The number of alkyl halides is 2. The van der Waals surface area contributed by atoms with Crippen molar-refractivity contribution in [3.8, 4) is 11.1 Å². The van der Waals surface area contributed by atoms with Gasteiger partial charge in [0.1, 0.15) is 6.04 Å². The molecule has 2 aliphatic carbocycles. The Hall–Kier alpha value is -3.29. The van der Waals surface area contributed by atoms with Crippen LogP contribution in [0.25, 0.3) is 11.1 Å². The smallest absolute Gasteiger partial charge is 0.326 e. The Labute approximate surface area is 170 Å². The fourth-order valence-corrected chi connectivity index (χ4v) is 4.70. The van der Waals surface area contributed by atoms with Gasteiger partial charge in [-0.3, -0.25) is 9.59 Å². The Morgan fingerprint density at radius 2 is 1.80 bits per heavy atom. The lowest BCUT2D eigenvalue weighted by Gasteiger charge is -2.24. The van der Waals surface area contributed by atoms with Crippen molar-refractivity contribution in [3.63, 3.8) is 0 Å². The van der Waals surface area contributed by atoms with Crippen LogP contribution < -0.4 is 5.32 Å². The summed E-state index contributed by atoms with van der Waals surface area (Å²) < 4.78 is 29.3. The number of fused-ring (bicyclic) bond motifs is 4. The molecule has 5 rings (SSSR count). The molecule has 3 aliphatic rings. The van der Waals surface area contributed by atoms with E-state index in [9.17, 15) is 28.3 Å². The molecular formula is C22H18F2N2O4. The van der Waals surface area contributed by atoms with E-state index in [1.807, 2.05) is 0 Å². The van der Waals surface area contributed by atoms with Crippen LogP contribution in [0.1, 0.15) is 34.3 Å². The third-order valence-corrected chi connectivity index (χ3v) is 6.25. The number of nitrogens with one attached hydrogen (secondary N) is 1. The molecule has 0 bridgehead atoms. The highest BCUT2D eigenvalue weighted by molar-refractivity contribution is 5.99. The molecule has 1 unspecified atom stereocenters. The molecule has 2 N–H and O–H groups in total. The molecule has 0 radical (unpaired) electrons. The number of carbonyl (C=O) groups is 3. The van der Waals surface area contributed by atoms with Gasteiger partial charge in [0.2, 0.25) is 5.91 Å². The van der Waals surface area contributed by atoms with Gasteiger partial charge in [0.15, 0.2) is 0 Å². The normalized spacial score (nSPS) is 24.6. The number of rotatable bonds is 4. The van der Waals surface area contributed by atoms with Crippen molar-refractivity contribution in [2.45, 2.75) is 30.8 Å². The second-order valence-electron chi connectivity index (χ2n) is 8.02. The van der Waals surface area contributed by atoms with Crippen molar-refractivity contribution in [2.75, 3.05) is 6.54 Å². The molecule has 1 aliphatic heterocycles. The van der Waals surface area contributed by atoms with Gasteiger partial charge in [-0.25, -0.2) is 4.79 Å². The van der Waals surface area contributed by atoms with Crippen molar-refractivity contribution >= 4 is 17.8 Å². The van der Waals surface area contributed by atoms with Crippen molar-refractivity contribution in [2.24, 2.45) is 5.92 Å². The molecule has 8 heteroatoms. The van der Waals surface area contributed by atoms with Crippen molar-refractivity contribution in [3.05, 3.63) is 59.2 Å². The van der Waals surface area contributed by atoms with Gasteiger partial charge in [-0.1, -0.05) is 30.3 Å². The van der Waals surface area contributed by atoms with Crippen LogP contribution in [0, 0.1) is 5.92 Å². The van der Waals surface area contributed by atoms with Crippen LogP contribution in [0.4, 0.5) is 8.78 Å². The number of amides is 2. The van der Waals surface area contributed by atoms with Crippen molar-refractivity contribution in [1.82, 2.24) is 10.2 Å². The van der Waals surface area contributed by atoms with E-state index >= 15 is 0 Å². The second-order valence-corrected chi connectivity index (χ2v) is 8.02. The second kappa shape index (κ2) is 6.35. The van der Waals surface area contributed by atoms with Crippen molar-refractivity contribution in [1.29, 1.82) is 0 Å². The fraction of sp³-hybridized carbons (Fsp3) is 0.318. The molecular weight excluding hydrogens is 394 g/mol. The summed E-state index contributed by atoms with van der Waals surface area (Å²) in [6.45, 7) is -0.338. The number of benzene rings is 2. The van der Waals surface area contributed by atoms with Crippen LogP contribution in [0.5, 0.6) is 0 Å². The zero-order chi connectivity index (χ0) is 21.2. The minimum absolute atomic E-state index is 0.0609. The molecule has 1 saturated heterocycles. The highest BCUT2D eigenvalue weighted by Crippen LogP contribution is 2.51. The van der Waals surface area contributed by atoms with E-state index in [1.54, 1.807) is 18.2 Å². The minimum atomic E-state index is -3.13. The van der Waals surface area contributed by atoms with Gasteiger partial charge in [0, 0.05) is 22.7 Å². The van der Waals surface area contributed by atoms with Gasteiger partial charge in [-0.2, -0.15) is 8.78 Å². The number of carbonyl (C=O) groups excluding carboxylic acids is 2. The lowest BCUT2D eigenvalue weighted by atomic mass is 10.0. The monoisotopic (exact) mass is 412 g/mol. The predicted molar refractivity (Wildman–Crippen MR) is 102 cm³/mol. The maximum atomic E-state index is 14.6. The topological polar surface area (TPSA) is 86.7 Å². The average Bonchev–Trinajstić information content (AvgIpc) is 3.33. The highest BCUT2D eigenvalue weighted by Gasteiger charge is 2.56. The molecule has 2 amide bonds. The Morgan fingerprint density at radius 1 is 1.07 bits per heavy atom. The van der Waals surface area contributed by atoms with Gasteiger partial charge in [0.25, 0.3) is 11.8 Å². The van der Waals surface area contributed by atoms with Crippen LogP contribution in [0.2, 0.25) is 0 Å². The molecule has 1 heterocycles. The molecule has 0 spiro atoms. The first kappa shape index (κ1) is 18.7. The Morgan fingerprint density at radius 3 is 2.57 bits per heavy atom. The molecule has 2 aromatic carbocycles. The van der Waals surface area contributed by atoms with E-state index in [1.165, 1.54) is 29.2 Å². The Balaban J connectivity index is 1.33. The zero-order valence-electron chi connectivity index (χ0n) is 15.8. The SMILES string of the molecule is O=C(NCC(=O)N1C2C[C@H]2C[C@H]1C(=O)O)c1ccc2c(c1)-c1ccccc1C2(F)F. The Kier molecular flexibility index (Phi) is 3.96. The number of piperidine rings is 1. The number of aliphatic carboxylic acids is 1. The third kappa shape index (κ3) is 2.70. The summed E-state index contributed by atoms with van der Waals surface area (Å²) in [6.07, 6.45) is 1.24. The lowest BCUT2D eigenvalue weighted by molar-refractivity contribution is -0.149. The van der Waals surface area contributed by atoms with Gasteiger partial charge in [-0.05, 0) is 42.0 Å². The fourth-order valence-electron chi connectivity index (χ4n) is 4.70. The molecule has 6 nitrogen and oxygen atoms in total. The molecule has 3 atom stereocenters. The predicted octanol–water partition coefficient (Wildman–Crippen LogP) is 2.61. The lowest BCUT2D eigenvalue weighted by Crippen LogP contribution is -2.47. The summed E-state index contributed by atoms with van der Waals surface area (Å²) >= 11 is 0. The zero-order valence-corrected chi connectivity index (χ0v) is 15.8. The number of halogens is 2. The van der Waals surface area contributed by atoms with Crippen molar-refractivity contribution < 1.29 is 28.3 Å². The van der Waals surface area contributed by atoms with Crippen LogP contribution >= 0.6 is 0 Å². The molecule has 30 heavy (non-hydrogen) atoms. The largest absolute Gasteiger partial charge is 0.480 e. The average molecular weight is 412 g/mol. The summed E-state index contributed by atoms with van der Waals surface area (Å²) in [7, 11) is 0. The first-order chi connectivity index (χ1) is 14.3. The number of carboxylic acids is 1. The van der Waals surface area contributed by atoms with Gasteiger partial charge in [0.05, 0.1) is 6.54 Å². The first-order valence-corrected chi connectivity index (χ1v) is 9.73. The quantitative estimate of drug-likeness (QED) is 0.808. The van der Waals surface area contributed by atoms with E-state index in [-0.39, 0.29) is 35.2 Å². The van der Waals surface area contributed by atoms with Crippen LogP contribution in [0.3, 0.4) is 0 Å². The maximum Gasteiger partial charge on any atom is 0.326 e. The van der Waals surface area contributed by atoms with Crippen LogP contribution in [-0.2, 0) is 15.5 Å². The standard InChI is InChI=1S/C22H18F2N2O4/c23-22(24)15-4-2-1-3-13(15)14-7-11(5-6-16(14)22)20(28)25-10-19(27)26-17-8-12(17)9-18(26)21(29)30/h1-7,12,17-18H,8-10H2,(H,25,28)(H,29,30)/t12-,17?,18-/m0/s1. The number of likely N-dealkylation sites (tertiary alicyclic amines) is 1. The van der Waals surface area contributed by atoms with E-state index in [2.05, 4.69) is 5.32 Å². The number of hydrogen-bond donors (Lipinski definition) is 2. The Bertz CT molecular complexity index is 1100. The summed E-state index contributed by atoms with van der Waals surface area (Å²) in [5, 5.41) is 11.8. The maximum absolute atomic E-state index is 14.6. The summed E-state index contributed by atoms with van der Waals surface area (Å²) in [5.74, 6) is -4.96. The number of nitrogens with zero attached hydrogens (tertiary/aromatic N) is 1. The molecule has 154 valence electrons. The minimum Gasteiger partial charge on any atom is -0.480 e. The van der Waals surface area contributed by atoms with E-state index in [0.29, 0.717) is 17.5 Å².